The third-order valence-electron chi connectivity index (χ3n) is 5.04. The predicted molar refractivity (Wildman–Crippen MR) is 139 cm³/mol. The molecule has 0 atom stereocenters. The number of para-hydroxylation sites is 1. The van der Waals surface area contributed by atoms with Gasteiger partial charge >= 0.3 is 0 Å². The Hall–Kier alpha value is -3.26. The van der Waals surface area contributed by atoms with Crippen LogP contribution in [0, 0.1) is 0 Å². The first-order valence-corrected chi connectivity index (χ1v) is 11.2. The Labute approximate surface area is 187 Å². The van der Waals surface area contributed by atoms with Crippen LogP contribution in [0.5, 0.6) is 0 Å². The average Bonchev–Trinajstić information content (AvgIpc) is 2.84. The van der Waals surface area contributed by atoms with Crippen LogP contribution in [0.15, 0.2) is 74.1 Å². The van der Waals surface area contributed by atoms with E-state index < -0.39 is 0 Å². The maximum Gasteiger partial charge on any atom is 0.116 e. The molecular formula is C29H34N2. The number of aromatic nitrogens is 2. The first kappa shape index (κ1) is 24.0. The summed E-state index contributed by atoms with van der Waals surface area (Å²) < 4.78 is 0. The SMILES string of the molecule is C=Cc1ccc2ccc(-c3ncnc4ccccc34)cc2c1C=C.CC.CCCCC. The van der Waals surface area contributed by atoms with Crippen LogP contribution in [0.1, 0.15) is 58.1 Å². The van der Waals surface area contributed by atoms with Gasteiger partial charge in [-0.15, -0.1) is 0 Å². The third kappa shape index (κ3) is 5.67. The predicted octanol–water partition coefficient (Wildman–Crippen LogP) is 8.96. The lowest BCUT2D eigenvalue weighted by Crippen LogP contribution is -1.90. The van der Waals surface area contributed by atoms with Gasteiger partial charge in [0, 0.05) is 10.9 Å². The molecule has 160 valence electrons. The van der Waals surface area contributed by atoms with Gasteiger partial charge in [-0.2, -0.15) is 0 Å². The van der Waals surface area contributed by atoms with Crippen molar-refractivity contribution in [3.05, 3.63) is 85.2 Å². The fourth-order valence-electron chi connectivity index (χ4n) is 3.50. The average molecular weight is 411 g/mol. The maximum atomic E-state index is 4.52. The van der Waals surface area contributed by atoms with E-state index in [1.807, 2.05) is 44.2 Å². The summed E-state index contributed by atoms with van der Waals surface area (Å²) in [6.45, 7) is 16.3. The number of hydrogen-bond donors (Lipinski definition) is 0. The Balaban J connectivity index is 0.000000432. The molecule has 0 aliphatic carbocycles. The Kier molecular flexibility index (Phi) is 9.64. The van der Waals surface area contributed by atoms with Gasteiger partial charge in [-0.25, -0.2) is 9.97 Å². The van der Waals surface area contributed by atoms with Crippen LogP contribution in [0.2, 0.25) is 0 Å². The molecule has 1 aromatic heterocycles. The van der Waals surface area contributed by atoms with E-state index in [4.69, 9.17) is 0 Å². The normalized spacial score (nSPS) is 9.94. The van der Waals surface area contributed by atoms with Gasteiger partial charge < -0.3 is 0 Å². The molecule has 0 saturated carbocycles. The zero-order chi connectivity index (χ0) is 22.6. The van der Waals surface area contributed by atoms with Crippen LogP contribution in [-0.4, -0.2) is 9.97 Å². The summed E-state index contributed by atoms with van der Waals surface area (Å²) in [5.74, 6) is 0. The maximum absolute atomic E-state index is 4.52. The number of benzene rings is 3. The number of hydrogen-bond acceptors (Lipinski definition) is 2. The number of rotatable bonds is 5. The highest BCUT2D eigenvalue weighted by Crippen LogP contribution is 2.31. The second kappa shape index (κ2) is 12.4. The second-order valence-corrected chi connectivity index (χ2v) is 7.01. The van der Waals surface area contributed by atoms with E-state index in [2.05, 4.69) is 73.4 Å². The minimum atomic E-state index is 0.946. The van der Waals surface area contributed by atoms with Crippen LogP contribution in [-0.2, 0) is 0 Å². The van der Waals surface area contributed by atoms with Crippen molar-refractivity contribution in [2.45, 2.75) is 47.0 Å². The zero-order valence-corrected chi connectivity index (χ0v) is 19.4. The molecule has 2 heteroatoms. The summed E-state index contributed by atoms with van der Waals surface area (Å²) in [5, 5.41) is 3.39. The molecule has 0 aliphatic rings. The highest BCUT2D eigenvalue weighted by atomic mass is 14.8. The Morgan fingerprint density at radius 3 is 2.16 bits per heavy atom. The largest absolute Gasteiger partial charge is 0.236 e. The van der Waals surface area contributed by atoms with Gasteiger partial charge in [0.25, 0.3) is 0 Å². The molecule has 3 aromatic carbocycles. The van der Waals surface area contributed by atoms with E-state index in [1.54, 1.807) is 6.33 Å². The van der Waals surface area contributed by atoms with E-state index in [0.29, 0.717) is 0 Å². The summed E-state index contributed by atoms with van der Waals surface area (Å²) in [6, 6.07) is 18.7. The fourth-order valence-corrected chi connectivity index (χ4v) is 3.50. The highest BCUT2D eigenvalue weighted by molar-refractivity contribution is 5.99. The molecule has 0 radical (unpaired) electrons. The van der Waals surface area contributed by atoms with Crippen molar-refractivity contribution < 1.29 is 0 Å². The topological polar surface area (TPSA) is 25.8 Å². The minimum Gasteiger partial charge on any atom is -0.236 e. The molecule has 0 N–H and O–H groups in total. The van der Waals surface area contributed by atoms with Crippen molar-refractivity contribution in [3.63, 3.8) is 0 Å². The molecule has 0 aliphatic heterocycles. The minimum absolute atomic E-state index is 0.946. The molecule has 0 saturated heterocycles. The van der Waals surface area contributed by atoms with Gasteiger partial charge in [0.15, 0.2) is 0 Å². The Morgan fingerprint density at radius 1 is 0.806 bits per heavy atom. The van der Waals surface area contributed by atoms with Gasteiger partial charge in [0.1, 0.15) is 6.33 Å². The molecule has 0 spiro atoms. The standard InChI is InChI=1S/C22H16N2.C5H12.C2H6/c1-3-15-9-10-16-11-12-17(13-20(16)18(15)4-2)22-19-7-5-6-8-21(19)23-14-24-22;1-3-5-4-2;1-2/h3-14H,1-2H2;3-5H2,1-2H3;1-2H3. The second-order valence-electron chi connectivity index (χ2n) is 7.01. The summed E-state index contributed by atoms with van der Waals surface area (Å²) in [4.78, 5) is 8.88. The van der Waals surface area contributed by atoms with E-state index in [1.165, 1.54) is 24.6 Å². The van der Waals surface area contributed by atoms with Crippen molar-refractivity contribution in [2.24, 2.45) is 0 Å². The molecule has 0 amide bonds. The van der Waals surface area contributed by atoms with E-state index in [0.717, 1.165) is 38.7 Å². The summed E-state index contributed by atoms with van der Waals surface area (Å²) in [7, 11) is 0. The molecule has 31 heavy (non-hydrogen) atoms. The van der Waals surface area contributed by atoms with Crippen LogP contribution in [0.4, 0.5) is 0 Å². The molecule has 4 rings (SSSR count). The summed E-state index contributed by atoms with van der Waals surface area (Å²) in [5.41, 5.74) is 5.16. The van der Waals surface area contributed by atoms with Gasteiger partial charge in [-0.3, -0.25) is 0 Å². The lowest BCUT2D eigenvalue weighted by Gasteiger charge is -2.10. The van der Waals surface area contributed by atoms with Crippen LogP contribution in [0.25, 0.3) is 45.1 Å². The molecule has 2 nitrogen and oxygen atoms in total. The molecule has 1 heterocycles. The van der Waals surface area contributed by atoms with Crippen molar-refractivity contribution in [1.82, 2.24) is 9.97 Å². The summed E-state index contributed by atoms with van der Waals surface area (Å²) in [6.07, 6.45) is 9.45. The quantitative estimate of drug-likeness (QED) is 0.328. The van der Waals surface area contributed by atoms with Crippen LogP contribution in [0.3, 0.4) is 0 Å². The molecular weight excluding hydrogens is 376 g/mol. The van der Waals surface area contributed by atoms with Gasteiger partial charge in [0.2, 0.25) is 0 Å². The Bertz CT molecular complexity index is 1130. The summed E-state index contributed by atoms with van der Waals surface area (Å²) >= 11 is 0. The van der Waals surface area contributed by atoms with Crippen molar-refractivity contribution in [2.75, 3.05) is 0 Å². The Morgan fingerprint density at radius 2 is 1.52 bits per heavy atom. The van der Waals surface area contributed by atoms with Crippen LogP contribution < -0.4 is 0 Å². The fraction of sp³-hybridized carbons (Fsp3) is 0.241. The number of nitrogens with zero attached hydrogens (tertiary/aromatic N) is 2. The first-order valence-electron chi connectivity index (χ1n) is 11.2. The van der Waals surface area contributed by atoms with Crippen LogP contribution >= 0.6 is 0 Å². The molecule has 0 fully saturated rings. The molecule has 0 unspecified atom stereocenters. The van der Waals surface area contributed by atoms with Gasteiger partial charge in [-0.1, -0.05) is 115 Å². The first-order chi connectivity index (χ1) is 15.2. The van der Waals surface area contributed by atoms with E-state index in [9.17, 15) is 0 Å². The van der Waals surface area contributed by atoms with Crippen molar-refractivity contribution >= 4 is 33.8 Å². The highest BCUT2D eigenvalue weighted by Gasteiger charge is 2.09. The third-order valence-corrected chi connectivity index (χ3v) is 5.04. The van der Waals surface area contributed by atoms with Crippen molar-refractivity contribution in [1.29, 1.82) is 0 Å². The molecule has 4 aromatic rings. The van der Waals surface area contributed by atoms with Crippen molar-refractivity contribution in [3.8, 4) is 11.3 Å². The van der Waals surface area contributed by atoms with Gasteiger partial charge in [0.05, 0.1) is 11.2 Å². The number of fused-ring (bicyclic) bond motifs is 2. The van der Waals surface area contributed by atoms with Gasteiger partial charge in [-0.05, 0) is 34.0 Å². The lowest BCUT2D eigenvalue weighted by molar-refractivity contribution is 0.772. The molecule has 0 bridgehead atoms. The monoisotopic (exact) mass is 410 g/mol. The lowest BCUT2D eigenvalue weighted by atomic mass is 9.95. The van der Waals surface area contributed by atoms with E-state index in [-0.39, 0.29) is 0 Å². The smallest absolute Gasteiger partial charge is 0.116 e. The van der Waals surface area contributed by atoms with E-state index >= 15 is 0 Å². The zero-order valence-electron chi connectivity index (χ0n) is 19.4. The number of unbranched alkanes of at least 4 members (excludes halogenated alkanes) is 2.